The molecule has 1 amide bonds. The largest absolute Gasteiger partial charge is 0.326 e. The maximum Gasteiger partial charge on any atom is 0.230 e. The van der Waals surface area contributed by atoms with Crippen molar-refractivity contribution in [2.75, 3.05) is 5.32 Å². The molecule has 0 radical (unpaired) electrons. The number of carbonyl (C=O) groups is 2. The van der Waals surface area contributed by atoms with Crippen LogP contribution in [0.25, 0.3) is 0 Å². The maximum atomic E-state index is 12.4. The van der Waals surface area contributed by atoms with Gasteiger partial charge in [-0.25, -0.2) is 0 Å². The Morgan fingerprint density at radius 2 is 1.67 bits per heavy atom. The van der Waals surface area contributed by atoms with Crippen LogP contribution in [0.15, 0.2) is 48.8 Å². The second-order valence-corrected chi connectivity index (χ2v) is 5.20. The molecule has 1 aromatic carbocycles. The van der Waals surface area contributed by atoms with Crippen LogP contribution in [-0.4, -0.2) is 11.7 Å². The van der Waals surface area contributed by atoms with Gasteiger partial charge in [0, 0.05) is 36.6 Å². The van der Waals surface area contributed by atoms with Crippen molar-refractivity contribution in [2.24, 2.45) is 0 Å². The fourth-order valence-electron chi connectivity index (χ4n) is 1.97. The van der Waals surface area contributed by atoms with Gasteiger partial charge in [-0.1, -0.05) is 11.6 Å². The van der Waals surface area contributed by atoms with Gasteiger partial charge < -0.3 is 5.32 Å². The summed E-state index contributed by atoms with van der Waals surface area (Å²) in [6.07, 6.45) is 3.54. The lowest BCUT2D eigenvalue weighted by molar-refractivity contribution is -0.704. The molecule has 4 nitrogen and oxygen atoms in total. The van der Waals surface area contributed by atoms with Crippen LogP contribution in [0.4, 0.5) is 5.69 Å². The highest BCUT2D eigenvalue weighted by molar-refractivity contribution is 6.30. The van der Waals surface area contributed by atoms with Crippen LogP contribution >= 0.6 is 11.6 Å². The molecule has 108 valence electrons. The Morgan fingerprint density at radius 1 is 1.10 bits per heavy atom. The van der Waals surface area contributed by atoms with Crippen LogP contribution in [0.1, 0.15) is 30.2 Å². The number of hydrogen-bond donors (Lipinski definition) is 1. The highest BCUT2D eigenvalue weighted by Gasteiger charge is 2.23. The Bertz CT molecular complexity index is 651. The molecular formula is C16H16ClN2O2+. The van der Waals surface area contributed by atoms with Gasteiger partial charge in [0.1, 0.15) is 0 Å². The molecule has 2 rings (SSSR count). The van der Waals surface area contributed by atoms with Crippen LogP contribution in [-0.2, 0) is 4.79 Å². The van der Waals surface area contributed by atoms with E-state index in [1.54, 1.807) is 53.4 Å². The van der Waals surface area contributed by atoms with E-state index in [1.165, 1.54) is 6.92 Å². The van der Waals surface area contributed by atoms with Crippen molar-refractivity contribution >= 4 is 29.0 Å². The van der Waals surface area contributed by atoms with Gasteiger partial charge in [-0.15, -0.1) is 0 Å². The molecule has 0 bridgehead atoms. The summed E-state index contributed by atoms with van der Waals surface area (Å²) in [7, 11) is 0. The van der Waals surface area contributed by atoms with Crippen molar-refractivity contribution in [1.29, 1.82) is 0 Å². The van der Waals surface area contributed by atoms with E-state index in [2.05, 4.69) is 5.32 Å². The maximum absolute atomic E-state index is 12.4. The number of Topliss-reactive ketones (excluding diaryl/α,β-unsaturated/α-hetero) is 1. The molecular weight excluding hydrogens is 288 g/mol. The number of amides is 1. The third kappa shape index (κ3) is 3.89. The molecule has 0 unspecified atom stereocenters. The SMILES string of the molecule is CC(=O)Nc1cc[n+]([C@H](C)C(=O)c2ccc(Cl)cc2)cc1. The lowest BCUT2D eigenvalue weighted by Gasteiger charge is -2.07. The number of halogens is 1. The topological polar surface area (TPSA) is 50.1 Å². The van der Waals surface area contributed by atoms with Crippen molar-refractivity contribution in [3.05, 3.63) is 59.4 Å². The van der Waals surface area contributed by atoms with Gasteiger partial charge in [-0.05, 0) is 24.3 Å². The molecule has 2 aromatic rings. The molecule has 0 saturated carbocycles. The molecule has 0 saturated heterocycles. The van der Waals surface area contributed by atoms with Crippen LogP contribution in [0.3, 0.4) is 0 Å². The van der Waals surface area contributed by atoms with E-state index < -0.39 is 0 Å². The highest BCUT2D eigenvalue weighted by atomic mass is 35.5. The van der Waals surface area contributed by atoms with E-state index in [9.17, 15) is 9.59 Å². The average molecular weight is 304 g/mol. The lowest BCUT2D eigenvalue weighted by atomic mass is 10.1. The Balaban J connectivity index is 2.15. The fourth-order valence-corrected chi connectivity index (χ4v) is 2.10. The van der Waals surface area contributed by atoms with Gasteiger partial charge >= 0.3 is 0 Å². The van der Waals surface area contributed by atoms with Gasteiger partial charge in [-0.2, -0.15) is 4.57 Å². The monoisotopic (exact) mass is 303 g/mol. The summed E-state index contributed by atoms with van der Waals surface area (Å²) in [4.78, 5) is 23.4. The standard InChI is InChI=1S/C16H15ClN2O2/c1-11(16(21)13-3-5-14(17)6-4-13)19-9-7-15(8-10-19)18-12(2)20/h3-11H,1-2H3/p+1/t11-/m1/s1. The van der Waals surface area contributed by atoms with Crippen molar-refractivity contribution < 1.29 is 14.2 Å². The van der Waals surface area contributed by atoms with E-state index in [0.717, 1.165) is 0 Å². The van der Waals surface area contributed by atoms with Crippen LogP contribution in [0, 0.1) is 0 Å². The molecule has 0 aliphatic rings. The van der Waals surface area contributed by atoms with Crippen LogP contribution < -0.4 is 9.88 Å². The molecule has 1 heterocycles. The predicted octanol–water partition coefficient (Wildman–Crippen LogP) is 3.03. The summed E-state index contributed by atoms with van der Waals surface area (Å²) in [6.45, 7) is 3.28. The summed E-state index contributed by atoms with van der Waals surface area (Å²) in [5.41, 5.74) is 1.32. The molecule has 0 fully saturated rings. The zero-order chi connectivity index (χ0) is 15.4. The first kappa shape index (κ1) is 15.2. The minimum absolute atomic E-state index is 0.00365. The Hall–Kier alpha value is -2.20. The van der Waals surface area contributed by atoms with E-state index >= 15 is 0 Å². The lowest BCUT2D eigenvalue weighted by Crippen LogP contribution is -2.41. The number of aromatic nitrogens is 1. The molecule has 1 atom stereocenters. The Morgan fingerprint density at radius 3 is 2.19 bits per heavy atom. The van der Waals surface area contributed by atoms with E-state index in [-0.39, 0.29) is 17.7 Å². The number of pyridine rings is 1. The van der Waals surface area contributed by atoms with Crippen molar-refractivity contribution in [3.8, 4) is 0 Å². The summed E-state index contributed by atoms with van der Waals surface area (Å²) in [6, 6.07) is 10.0. The number of ketones is 1. The number of rotatable bonds is 4. The van der Waals surface area contributed by atoms with E-state index in [4.69, 9.17) is 11.6 Å². The first-order valence-corrected chi connectivity index (χ1v) is 6.93. The van der Waals surface area contributed by atoms with Gasteiger partial charge in [0.25, 0.3) is 0 Å². The zero-order valence-electron chi connectivity index (χ0n) is 11.8. The molecule has 5 heteroatoms. The van der Waals surface area contributed by atoms with E-state index in [0.29, 0.717) is 16.3 Å². The first-order valence-electron chi connectivity index (χ1n) is 6.55. The second-order valence-electron chi connectivity index (χ2n) is 4.76. The summed E-state index contributed by atoms with van der Waals surface area (Å²) >= 11 is 5.82. The van der Waals surface area contributed by atoms with Crippen molar-refractivity contribution in [3.63, 3.8) is 0 Å². The first-order chi connectivity index (χ1) is 9.97. The van der Waals surface area contributed by atoms with E-state index in [1.807, 2.05) is 6.92 Å². The number of nitrogens with one attached hydrogen (secondary N) is 1. The minimum Gasteiger partial charge on any atom is -0.326 e. The van der Waals surface area contributed by atoms with Crippen molar-refractivity contribution in [1.82, 2.24) is 0 Å². The predicted molar refractivity (Wildman–Crippen MR) is 81.4 cm³/mol. The van der Waals surface area contributed by atoms with Gasteiger partial charge in [-0.3, -0.25) is 9.59 Å². The normalized spacial score (nSPS) is 11.8. The molecule has 0 spiro atoms. The summed E-state index contributed by atoms with van der Waals surface area (Å²) in [5.74, 6) is -0.123. The van der Waals surface area contributed by atoms with Crippen LogP contribution in [0.2, 0.25) is 5.02 Å². The number of anilines is 1. The Kier molecular flexibility index (Phi) is 4.70. The zero-order valence-corrected chi connectivity index (χ0v) is 12.6. The van der Waals surface area contributed by atoms with Crippen molar-refractivity contribution in [2.45, 2.75) is 19.9 Å². The van der Waals surface area contributed by atoms with Gasteiger partial charge in [0.15, 0.2) is 12.4 Å². The quantitative estimate of drug-likeness (QED) is 0.697. The second kappa shape index (κ2) is 6.50. The average Bonchev–Trinajstić information content (AvgIpc) is 2.47. The molecule has 0 aliphatic heterocycles. The minimum atomic E-state index is -0.336. The number of hydrogen-bond acceptors (Lipinski definition) is 2. The third-order valence-corrected chi connectivity index (χ3v) is 3.38. The molecule has 21 heavy (non-hydrogen) atoms. The summed E-state index contributed by atoms with van der Waals surface area (Å²) < 4.78 is 1.79. The Labute approximate surface area is 128 Å². The third-order valence-electron chi connectivity index (χ3n) is 3.13. The number of benzene rings is 1. The number of carbonyl (C=O) groups excluding carboxylic acids is 2. The van der Waals surface area contributed by atoms with Gasteiger partial charge in [0.2, 0.25) is 17.7 Å². The van der Waals surface area contributed by atoms with Gasteiger partial charge in [0.05, 0.1) is 5.69 Å². The number of nitrogens with zero attached hydrogens (tertiary/aromatic N) is 1. The summed E-state index contributed by atoms with van der Waals surface area (Å²) in [5, 5.41) is 3.29. The smallest absolute Gasteiger partial charge is 0.230 e. The molecule has 1 aromatic heterocycles. The molecule has 0 aliphatic carbocycles. The molecule has 1 N–H and O–H groups in total. The highest BCUT2D eigenvalue weighted by Crippen LogP contribution is 2.14. The fraction of sp³-hybridized carbons (Fsp3) is 0.188. The van der Waals surface area contributed by atoms with Crippen LogP contribution in [0.5, 0.6) is 0 Å².